The van der Waals surface area contributed by atoms with Crippen LogP contribution in [0.3, 0.4) is 0 Å². The summed E-state index contributed by atoms with van der Waals surface area (Å²) in [4.78, 5) is 5.16. The number of rotatable bonds is 5. The zero-order valence-electron chi connectivity index (χ0n) is 13.2. The van der Waals surface area contributed by atoms with Gasteiger partial charge in [-0.05, 0) is 26.0 Å². The van der Waals surface area contributed by atoms with Crippen molar-refractivity contribution in [2.45, 2.75) is 44.2 Å². The van der Waals surface area contributed by atoms with Gasteiger partial charge in [-0.25, -0.2) is 0 Å². The van der Waals surface area contributed by atoms with Crippen molar-refractivity contribution in [1.29, 1.82) is 0 Å². The average molecular weight is 292 g/mol. The summed E-state index contributed by atoms with van der Waals surface area (Å²) in [5, 5.41) is 7.12. The van der Waals surface area contributed by atoms with Gasteiger partial charge in [0.05, 0.1) is 13.2 Å². The third-order valence-electron chi connectivity index (χ3n) is 5.03. The van der Waals surface area contributed by atoms with Crippen molar-refractivity contribution in [1.82, 2.24) is 20.0 Å². The number of ether oxygens (including phenoxy) is 1. The first-order valence-electron chi connectivity index (χ1n) is 8.28. The highest BCUT2D eigenvalue weighted by Crippen LogP contribution is 2.35. The van der Waals surface area contributed by atoms with Crippen LogP contribution >= 0.6 is 0 Å². The molecule has 1 aliphatic heterocycles. The number of nitrogens with zero attached hydrogens (tertiary/aromatic N) is 3. The molecule has 0 spiro atoms. The van der Waals surface area contributed by atoms with E-state index in [9.17, 15) is 0 Å². The van der Waals surface area contributed by atoms with Gasteiger partial charge < -0.3 is 4.74 Å². The molecule has 2 heterocycles. The molecule has 1 N–H and O–H groups in total. The van der Waals surface area contributed by atoms with Crippen LogP contribution in [0, 0.1) is 0 Å². The van der Waals surface area contributed by atoms with E-state index in [4.69, 9.17) is 4.74 Å². The molecular formula is C16H28N4O. The Morgan fingerprint density at radius 3 is 2.71 bits per heavy atom. The lowest BCUT2D eigenvalue weighted by molar-refractivity contribution is -0.0492. The average Bonchev–Trinajstić information content (AvgIpc) is 3.02. The predicted octanol–water partition coefficient (Wildman–Crippen LogP) is 1.88. The smallest absolute Gasteiger partial charge is 0.0594 e. The molecule has 3 rings (SSSR count). The van der Waals surface area contributed by atoms with Gasteiger partial charge in [0.15, 0.2) is 0 Å². The molecule has 21 heavy (non-hydrogen) atoms. The molecule has 0 amide bonds. The number of morpholine rings is 1. The summed E-state index contributed by atoms with van der Waals surface area (Å²) in [6.07, 6.45) is 8.64. The van der Waals surface area contributed by atoms with Crippen molar-refractivity contribution in [3.8, 4) is 0 Å². The zero-order valence-corrected chi connectivity index (χ0v) is 13.2. The second-order valence-electron chi connectivity index (χ2n) is 6.64. The number of likely N-dealkylation sites (N-methyl/N-ethyl adjacent to an activating group) is 1. The maximum Gasteiger partial charge on any atom is 0.0594 e. The molecule has 1 aromatic heterocycles. The molecule has 1 aromatic rings. The monoisotopic (exact) mass is 292 g/mol. The largest absolute Gasteiger partial charge is 0.379 e. The third kappa shape index (κ3) is 3.65. The van der Waals surface area contributed by atoms with Crippen LogP contribution in [0.1, 0.15) is 37.8 Å². The van der Waals surface area contributed by atoms with Crippen LogP contribution in [0.4, 0.5) is 0 Å². The molecule has 5 nitrogen and oxygen atoms in total. The summed E-state index contributed by atoms with van der Waals surface area (Å²) in [7, 11) is 2.23. The third-order valence-corrected chi connectivity index (χ3v) is 5.03. The van der Waals surface area contributed by atoms with E-state index in [-0.39, 0.29) is 0 Å². The quantitative estimate of drug-likeness (QED) is 0.900. The molecule has 118 valence electrons. The van der Waals surface area contributed by atoms with Crippen molar-refractivity contribution in [3.05, 3.63) is 18.0 Å². The van der Waals surface area contributed by atoms with Crippen LogP contribution in [0.25, 0.3) is 0 Å². The molecule has 2 fully saturated rings. The van der Waals surface area contributed by atoms with E-state index in [1.807, 2.05) is 6.20 Å². The maximum absolute atomic E-state index is 5.56. The van der Waals surface area contributed by atoms with E-state index in [0.717, 1.165) is 39.4 Å². The predicted molar refractivity (Wildman–Crippen MR) is 83.1 cm³/mol. The first-order chi connectivity index (χ1) is 10.3. The Kier molecular flexibility index (Phi) is 4.93. The zero-order chi connectivity index (χ0) is 14.5. The summed E-state index contributed by atoms with van der Waals surface area (Å²) in [5.41, 5.74) is 1.56. The Hall–Kier alpha value is -0.910. The lowest BCUT2D eigenvalue weighted by atomic mass is 9.79. The van der Waals surface area contributed by atoms with Gasteiger partial charge in [0.1, 0.15) is 0 Å². The van der Waals surface area contributed by atoms with Crippen molar-refractivity contribution in [3.63, 3.8) is 0 Å². The molecule has 1 saturated heterocycles. The fourth-order valence-corrected chi connectivity index (χ4v) is 4.04. The minimum atomic E-state index is 0.358. The summed E-state index contributed by atoms with van der Waals surface area (Å²) < 4.78 is 5.56. The molecular weight excluding hydrogens is 264 g/mol. The van der Waals surface area contributed by atoms with E-state index in [0.29, 0.717) is 5.54 Å². The fraction of sp³-hybridized carbons (Fsp3) is 0.812. The minimum absolute atomic E-state index is 0.358. The van der Waals surface area contributed by atoms with Crippen LogP contribution in [0.15, 0.2) is 12.3 Å². The molecule has 0 atom stereocenters. The van der Waals surface area contributed by atoms with Gasteiger partial charge in [-0.15, -0.1) is 0 Å². The Bertz CT molecular complexity index is 408. The van der Waals surface area contributed by atoms with Crippen molar-refractivity contribution in [2.75, 3.05) is 39.9 Å². The Labute approximate surface area is 127 Å². The number of hydrogen-bond acceptors (Lipinski definition) is 4. The highest BCUT2D eigenvalue weighted by molar-refractivity contribution is 5.00. The van der Waals surface area contributed by atoms with Crippen molar-refractivity contribution >= 4 is 0 Å². The number of hydrogen-bond donors (Lipinski definition) is 1. The molecule has 0 radical (unpaired) electrons. The van der Waals surface area contributed by atoms with Gasteiger partial charge >= 0.3 is 0 Å². The lowest BCUT2D eigenvalue weighted by Gasteiger charge is -2.49. The Balaban J connectivity index is 1.66. The highest BCUT2D eigenvalue weighted by Gasteiger charge is 2.39. The maximum atomic E-state index is 5.56. The molecule has 2 aliphatic rings. The van der Waals surface area contributed by atoms with Crippen LogP contribution in [0.2, 0.25) is 0 Å². The van der Waals surface area contributed by atoms with Crippen molar-refractivity contribution < 1.29 is 4.74 Å². The number of nitrogens with one attached hydrogen (secondary N) is 1. The summed E-state index contributed by atoms with van der Waals surface area (Å²) in [6, 6.07) is 2.07. The van der Waals surface area contributed by atoms with Gasteiger partial charge in [-0.3, -0.25) is 14.9 Å². The standard InChI is InChI=1S/C16H28N4O/c1-19(13-15-5-8-17-18-15)14-16(6-3-2-4-7-16)20-9-11-21-12-10-20/h5,8H,2-4,6-7,9-14H2,1H3,(H,17,18). The van der Waals surface area contributed by atoms with Gasteiger partial charge in [0.25, 0.3) is 0 Å². The van der Waals surface area contributed by atoms with Crippen LogP contribution in [0.5, 0.6) is 0 Å². The Morgan fingerprint density at radius 1 is 1.29 bits per heavy atom. The van der Waals surface area contributed by atoms with Gasteiger partial charge in [-0.2, -0.15) is 5.10 Å². The summed E-state index contributed by atoms with van der Waals surface area (Å²) >= 11 is 0. The Morgan fingerprint density at radius 2 is 2.05 bits per heavy atom. The minimum Gasteiger partial charge on any atom is -0.379 e. The van der Waals surface area contributed by atoms with Gasteiger partial charge in [0, 0.05) is 43.6 Å². The van der Waals surface area contributed by atoms with E-state index in [1.165, 1.54) is 37.8 Å². The van der Waals surface area contributed by atoms with Crippen LogP contribution in [-0.4, -0.2) is 65.4 Å². The number of H-pyrrole nitrogens is 1. The summed E-state index contributed by atoms with van der Waals surface area (Å²) in [6.45, 7) is 6.08. The van der Waals surface area contributed by atoms with E-state index < -0.39 is 0 Å². The van der Waals surface area contributed by atoms with Gasteiger partial charge in [0.2, 0.25) is 0 Å². The second-order valence-corrected chi connectivity index (χ2v) is 6.64. The second kappa shape index (κ2) is 6.90. The van der Waals surface area contributed by atoms with E-state index in [1.54, 1.807) is 0 Å². The van der Waals surface area contributed by atoms with Crippen LogP contribution < -0.4 is 0 Å². The molecule has 0 bridgehead atoms. The van der Waals surface area contributed by atoms with E-state index in [2.05, 4.69) is 33.1 Å². The molecule has 1 aliphatic carbocycles. The molecule has 0 aromatic carbocycles. The van der Waals surface area contributed by atoms with Crippen molar-refractivity contribution in [2.24, 2.45) is 0 Å². The number of aromatic amines is 1. The van der Waals surface area contributed by atoms with Gasteiger partial charge in [-0.1, -0.05) is 19.3 Å². The summed E-state index contributed by atoms with van der Waals surface area (Å²) in [5.74, 6) is 0. The fourth-order valence-electron chi connectivity index (χ4n) is 4.04. The topological polar surface area (TPSA) is 44.4 Å². The highest BCUT2D eigenvalue weighted by atomic mass is 16.5. The first kappa shape index (κ1) is 15.0. The molecule has 1 saturated carbocycles. The molecule has 0 unspecified atom stereocenters. The van der Waals surface area contributed by atoms with E-state index >= 15 is 0 Å². The lowest BCUT2D eigenvalue weighted by Crippen LogP contribution is -2.59. The SMILES string of the molecule is CN(Cc1ccn[nH]1)CC1(N2CCOCC2)CCCCC1. The first-order valence-corrected chi connectivity index (χ1v) is 8.28. The normalized spacial score (nSPS) is 23.5. The molecule has 5 heteroatoms. The van der Waals surface area contributed by atoms with Crippen LogP contribution in [-0.2, 0) is 11.3 Å². The number of aromatic nitrogens is 2.